The maximum absolute atomic E-state index is 13.9. The quantitative estimate of drug-likeness (QED) is 0.451. The Kier molecular flexibility index (Phi) is 4.71. The van der Waals surface area contributed by atoms with Gasteiger partial charge in [-0.15, -0.1) is 0 Å². The predicted octanol–water partition coefficient (Wildman–Crippen LogP) is 6.84. The molecule has 0 fully saturated rings. The van der Waals surface area contributed by atoms with E-state index in [2.05, 4.69) is 25.2 Å². The summed E-state index contributed by atoms with van der Waals surface area (Å²) < 4.78 is 39.2. The second-order valence-electron chi connectivity index (χ2n) is 8.86. The molecule has 0 unspecified atom stereocenters. The number of phenols is 1. The number of methoxy groups -OCH3 is 1. The van der Waals surface area contributed by atoms with Crippen molar-refractivity contribution in [3.63, 3.8) is 0 Å². The molecule has 4 nitrogen and oxygen atoms in total. The van der Waals surface area contributed by atoms with Gasteiger partial charge in [-0.2, -0.15) is 0 Å². The Morgan fingerprint density at radius 3 is 2.52 bits per heavy atom. The van der Waals surface area contributed by atoms with Crippen molar-refractivity contribution in [2.45, 2.75) is 26.3 Å². The molecular weight excluding hydrogens is 424 g/mol. The molecule has 2 heterocycles. The van der Waals surface area contributed by atoms with Gasteiger partial charge in [-0.05, 0) is 68.3 Å². The average Bonchev–Trinajstić information content (AvgIpc) is 2.75. The van der Waals surface area contributed by atoms with E-state index in [1.807, 2.05) is 19.1 Å². The zero-order chi connectivity index (χ0) is 23.5. The highest BCUT2D eigenvalue weighted by Crippen LogP contribution is 2.54. The lowest BCUT2D eigenvalue weighted by atomic mass is 9.83. The standard InChI is InChI=1S/C27H23F2NO3/c1-14-13-27(2,3)30-19-8-6-16-24(23(14)19)22(12-15-5-7-17(28)18(29)11-15)33-21-10-9-20(31)26(32-4)25(16)21/h5-13,30-31H,1-4H3. The second kappa shape index (κ2) is 7.37. The maximum Gasteiger partial charge on any atom is 0.172 e. The monoisotopic (exact) mass is 447 g/mol. The molecule has 6 heteroatoms. The summed E-state index contributed by atoms with van der Waals surface area (Å²) in [6.07, 6.45) is 3.83. The molecule has 0 saturated carbocycles. The van der Waals surface area contributed by atoms with Crippen LogP contribution in [0.25, 0.3) is 28.5 Å². The highest BCUT2D eigenvalue weighted by molar-refractivity contribution is 6.02. The van der Waals surface area contributed by atoms with Gasteiger partial charge in [0.1, 0.15) is 11.5 Å². The summed E-state index contributed by atoms with van der Waals surface area (Å²) in [6, 6.07) is 10.9. The second-order valence-corrected chi connectivity index (χ2v) is 8.86. The topological polar surface area (TPSA) is 50.7 Å². The summed E-state index contributed by atoms with van der Waals surface area (Å²) in [5, 5.41) is 13.9. The van der Waals surface area contributed by atoms with Crippen molar-refractivity contribution < 1.29 is 23.4 Å². The third-order valence-electron chi connectivity index (χ3n) is 5.91. The number of aromatic hydroxyl groups is 1. The maximum atomic E-state index is 13.9. The van der Waals surface area contributed by atoms with E-state index in [1.165, 1.54) is 19.2 Å². The van der Waals surface area contributed by atoms with Crippen LogP contribution in [0.3, 0.4) is 0 Å². The molecule has 0 atom stereocenters. The number of ether oxygens (including phenoxy) is 2. The molecule has 5 rings (SSSR count). The third-order valence-corrected chi connectivity index (χ3v) is 5.91. The number of halogens is 2. The van der Waals surface area contributed by atoms with E-state index in [-0.39, 0.29) is 11.3 Å². The first-order valence-electron chi connectivity index (χ1n) is 10.6. The lowest BCUT2D eigenvalue weighted by Gasteiger charge is -2.35. The molecular formula is C27H23F2NO3. The van der Waals surface area contributed by atoms with E-state index in [9.17, 15) is 13.9 Å². The molecule has 0 amide bonds. The fourth-order valence-electron chi connectivity index (χ4n) is 4.70. The van der Waals surface area contributed by atoms with Crippen molar-refractivity contribution in [1.82, 2.24) is 0 Å². The molecule has 2 N–H and O–H groups in total. The van der Waals surface area contributed by atoms with Gasteiger partial charge in [-0.3, -0.25) is 0 Å². The summed E-state index contributed by atoms with van der Waals surface area (Å²) in [7, 11) is 1.50. The lowest BCUT2D eigenvalue weighted by molar-refractivity contribution is 0.371. The highest BCUT2D eigenvalue weighted by Gasteiger charge is 2.33. The van der Waals surface area contributed by atoms with Gasteiger partial charge in [0.25, 0.3) is 0 Å². The average molecular weight is 447 g/mol. The molecule has 0 bridgehead atoms. The molecule has 33 heavy (non-hydrogen) atoms. The number of hydrogen-bond acceptors (Lipinski definition) is 4. The van der Waals surface area contributed by atoms with Gasteiger partial charge in [0.15, 0.2) is 23.1 Å². The van der Waals surface area contributed by atoms with Crippen molar-refractivity contribution in [3.8, 4) is 28.4 Å². The van der Waals surface area contributed by atoms with Gasteiger partial charge in [-0.1, -0.05) is 18.2 Å². The van der Waals surface area contributed by atoms with Crippen LogP contribution in [0.4, 0.5) is 14.5 Å². The first kappa shape index (κ1) is 21.1. The van der Waals surface area contributed by atoms with Crippen molar-refractivity contribution in [3.05, 3.63) is 76.9 Å². The molecule has 0 saturated heterocycles. The van der Waals surface area contributed by atoms with Crippen LogP contribution in [0.5, 0.6) is 17.2 Å². The number of phenolic OH excluding ortho intramolecular Hbond substituents is 1. The number of hydrogen-bond donors (Lipinski definition) is 2. The Bertz CT molecular complexity index is 1370. The lowest BCUT2D eigenvalue weighted by Crippen LogP contribution is -2.32. The number of allylic oxidation sites excluding steroid dienone is 1. The molecule has 2 aliphatic heterocycles. The van der Waals surface area contributed by atoms with Gasteiger partial charge in [0.05, 0.1) is 18.2 Å². The Balaban J connectivity index is 1.83. The van der Waals surface area contributed by atoms with Crippen LogP contribution in [-0.2, 0) is 0 Å². The molecule has 3 aromatic carbocycles. The molecule has 2 aliphatic rings. The minimum absolute atomic E-state index is 0.00285. The van der Waals surface area contributed by atoms with Gasteiger partial charge < -0.3 is 19.9 Å². The molecule has 0 radical (unpaired) electrons. The van der Waals surface area contributed by atoms with Crippen LogP contribution in [0.2, 0.25) is 0 Å². The first-order valence-corrected chi connectivity index (χ1v) is 10.6. The van der Waals surface area contributed by atoms with Crippen LogP contribution in [0, 0.1) is 11.6 Å². The fraction of sp³-hybridized carbons (Fsp3) is 0.185. The smallest absolute Gasteiger partial charge is 0.172 e. The number of benzene rings is 3. The molecule has 0 aromatic heterocycles. The van der Waals surface area contributed by atoms with Crippen LogP contribution in [0.1, 0.15) is 37.5 Å². The summed E-state index contributed by atoms with van der Waals surface area (Å²) in [5.41, 5.74) is 5.38. The predicted molar refractivity (Wildman–Crippen MR) is 126 cm³/mol. The minimum Gasteiger partial charge on any atom is -0.504 e. The summed E-state index contributed by atoms with van der Waals surface area (Å²) in [6.45, 7) is 6.21. The third kappa shape index (κ3) is 3.42. The zero-order valence-corrected chi connectivity index (χ0v) is 18.7. The summed E-state index contributed by atoms with van der Waals surface area (Å²) in [4.78, 5) is 0. The summed E-state index contributed by atoms with van der Waals surface area (Å²) >= 11 is 0. The summed E-state index contributed by atoms with van der Waals surface area (Å²) in [5.74, 6) is -0.536. The fourth-order valence-corrected chi connectivity index (χ4v) is 4.70. The Morgan fingerprint density at radius 2 is 1.79 bits per heavy atom. The number of rotatable bonds is 2. The van der Waals surface area contributed by atoms with E-state index in [0.717, 1.165) is 40.1 Å². The van der Waals surface area contributed by atoms with Gasteiger partial charge in [0, 0.05) is 22.4 Å². The van der Waals surface area contributed by atoms with E-state index < -0.39 is 11.6 Å². The zero-order valence-electron chi connectivity index (χ0n) is 18.7. The normalized spacial score (nSPS) is 16.7. The molecule has 0 spiro atoms. The van der Waals surface area contributed by atoms with Crippen LogP contribution < -0.4 is 14.8 Å². The van der Waals surface area contributed by atoms with Crippen molar-refractivity contribution in [1.29, 1.82) is 0 Å². The van der Waals surface area contributed by atoms with Gasteiger partial charge >= 0.3 is 0 Å². The number of anilines is 1. The van der Waals surface area contributed by atoms with Crippen molar-refractivity contribution >= 4 is 23.1 Å². The van der Waals surface area contributed by atoms with E-state index in [0.29, 0.717) is 28.4 Å². The molecule has 0 aliphatic carbocycles. The van der Waals surface area contributed by atoms with Crippen molar-refractivity contribution in [2.75, 3.05) is 12.4 Å². The van der Waals surface area contributed by atoms with Crippen LogP contribution in [-0.4, -0.2) is 17.8 Å². The van der Waals surface area contributed by atoms with E-state index in [4.69, 9.17) is 9.47 Å². The Labute approximate surface area is 190 Å². The van der Waals surface area contributed by atoms with Crippen LogP contribution >= 0.6 is 0 Å². The van der Waals surface area contributed by atoms with Crippen LogP contribution in [0.15, 0.2) is 48.5 Å². The Morgan fingerprint density at radius 1 is 1.00 bits per heavy atom. The number of nitrogens with one attached hydrogen (secondary N) is 1. The molecule has 3 aromatic rings. The minimum atomic E-state index is -0.929. The van der Waals surface area contributed by atoms with Gasteiger partial charge in [-0.25, -0.2) is 8.78 Å². The van der Waals surface area contributed by atoms with Crippen molar-refractivity contribution in [2.24, 2.45) is 0 Å². The largest absolute Gasteiger partial charge is 0.504 e. The Hall–Kier alpha value is -3.80. The number of fused-ring (bicyclic) bond motifs is 5. The van der Waals surface area contributed by atoms with E-state index >= 15 is 0 Å². The first-order chi connectivity index (χ1) is 15.7. The highest BCUT2D eigenvalue weighted by atomic mass is 19.2. The SMILES string of the molecule is COc1c(O)ccc2c1-c1ccc3c(c1C(=Cc1ccc(F)c(F)c1)O2)C(C)=CC(C)(C)N3. The molecule has 168 valence electrons. The van der Waals surface area contributed by atoms with Gasteiger partial charge in [0.2, 0.25) is 0 Å². The van der Waals surface area contributed by atoms with E-state index in [1.54, 1.807) is 12.1 Å².